The van der Waals surface area contributed by atoms with Gasteiger partial charge in [-0.05, 0) is 73.9 Å². The van der Waals surface area contributed by atoms with Gasteiger partial charge in [0.1, 0.15) is 11.5 Å². The average molecular weight is 413 g/mol. The number of aryl methyl sites for hydroxylation is 1. The smallest absolute Gasteiger partial charge is 0.154 e. The first-order chi connectivity index (χ1) is 13.6. The normalized spacial score (nSPS) is 20.1. The molecule has 5 nitrogen and oxygen atoms in total. The zero-order chi connectivity index (χ0) is 19.3. The van der Waals surface area contributed by atoms with Crippen LogP contribution in [0, 0.1) is 6.92 Å². The molecule has 0 atom stereocenters. The molecule has 1 saturated carbocycles. The Bertz CT molecular complexity index is 1160. The van der Waals surface area contributed by atoms with Gasteiger partial charge in [-0.1, -0.05) is 11.6 Å². The maximum absolute atomic E-state index is 9.71. The van der Waals surface area contributed by atoms with E-state index in [4.69, 9.17) is 16.7 Å². The number of thiophene rings is 1. The molecule has 3 heterocycles. The van der Waals surface area contributed by atoms with Crippen molar-refractivity contribution in [2.75, 3.05) is 5.32 Å². The number of fused-ring (bicyclic) bond motifs is 2. The van der Waals surface area contributed by atoms with Crippen LogP contribution in [0.2, 0.25) is 5.02 Å². The van der Waals surface area contributed by atoms with Crippen LogP contribution in [0.4, 0.5) is 5.82 Å². The highest BCUT2D eigenvalue weighted by atomic mass is 35.5. The van der Waals surface area contributed by atoms with Crippen LogP contribution in [0.5, 0.6) is 0 Å². The summed E-state index contributed by atoms with van der Waals surface area (Å²) in [6.45, 7) is 2.12. The molecule has 0 amide bonds. The highest BCUT2D eigenvalue weighted by Crippen LogP contribution is 2.39. The molecule has 0 aliphatic heterocycles. The summed E-state index contributed by atoms with van der Waals surface area (Å²) in [6.07, 6.45) is 5.36. The average Bonchev–Trinajstić information content (AvgIpc) is 3.24. The molecule has 28 heavy (non-hydrogen) atoms. The third kappa shape index (κ3) is 3.15. The van der Waals surface area contributed by atoms with Crippen molar-refractivity contribution in [2.24, 2.45) is 0 Å². The zero-order valence-electron chi connectivity index (χ0n) is 15.5. The minimum absolute atomic E-state index is 0.154. The molecule has 1 fully saturated rings. The fraction of sp³-hybridized carbons (Fsp3) is 0.333. The lowest BCUT2D eigenvalue weighted by atomic mass is 9.93. The van der Waals surface area contributed by atoms with Crippen LogP contribution in [0.15, 0.2) is 36.5 Å². The third-order valence-electron chi connectivity index (χ3n) is 5.54. The molecule has 0 spiro atoms. The quantitative estimate of drug-likeness (QED) is 0.480. The number of aliphatic hydroxyl groups is 1. The van der Waals surface area contributed by atoms with E-state index in [0.29, 0.717) is 6.04 Å². The van der Waals surface area contributed by atoms with Crippen LogP contribution in [-0.2, 0) is 0 Å². The number of aliphatic hydroxyl groups excluding tert-OH is 1. The van der Waals surface area contributed by atoms with Crippen LogP contribution in [0.1, 0.15) is 31.2 Å². The summed E-state index contributed by atoms with van der Waals surface area (Å²) in [5.74, 6) is 0.843. The van der Waals surface area contributed by atoms with Gasteiger partial charge in [-0.15, -0.1) is 16.4 Å². The Hall–Kier alpha value is -2.15. The number of hydrogen-bond acceptors (Lipinski definition) is 5. The van der Waals surface area contributed by atoms with Crippen LogP contribution in [-0.4, -0.2) is 31.9 Å². The van der Waals surface area contributed by atoms with Gasteiger partial charge in [0.2, 0.25) is 0 Å². The first-order valence-corrected chi connectivity index (χ1v) is 10.8. The summed E-state index contributed by atoms with van der Waals surface area (Å²) in [4.78, 5) is 5.70. The number of rotatable bonds is 3. The molecule has 5 rings (SSSR count). The predicted octanol–water partition coefficient (Wildman–Crippen LogP) is 5.29. The molecule has 3 aromatic heterocycles. The van der Waals surface area contributed by atoms with Crippen LogP contribution < -0.4 is 5.32 Å². The van der Waals surface area contributed by atoms with E-state index in [9.17, 15) is 5.11 Å². The molecule has 1 aliphatic rings. The van der Waals surface area contributed by atoms with Crippen molar-refractivity contribution in [3.05, 3.63) is 47.1 Å². The zero-order valence-corrected chi connectivity index (χ0v) is 17.1. The number of imidazole rings is 1. The van der Waals surface area contributed by atoms with Crippen LogP contribution in [0.3, 0.4) is 0 Å². The fourth-order valence-electron chi connectivity index (χ4n) is 3.97. The van der Waals surface area contributed by atoms with Crippen LogP contribution >= 0.6 is 22.9 Å². The summed E-state index contributed by atoms with van der Waals surface area (Å²) >= 11 is 7.93. The van der Waals surface area contributed by atoms with Crippen molar-refractivity contribution in [2.45, 2.75) is 44.8 Å². The summed E-state index contributed by atoms with van der Waals surface area (Å²) in [6, 6.07) is 10.4. The van der Waals surface area contributed by atoms with Gasteiger partial charge in [-0.25, -0.2) is 9.50 Å². The number of anilines is 1. The molecule has 0 radical (unpaired) electrons. The highest BCUT2D eigenvalue weighted by Gasteiger charge is 2.20. The Kier molecular flexibility index (Phi) is 4.50. The molecule has 4 aromatic rings. The molecule has 7 heteroatoms. The maximum Gasteiger partial charge on any atom is 0.154 e. The lowest BCUT2D eigenvalue weighted by molar-refractivity contribution is 0.126. The molecule has 144 valence electrons. The fourth-order valence-corrected chi connectivity index (χ4v) is 5.33. The minimum Gasteiger partial charge on any atom is -0.393 e. The van der Waals surface area contributed by atoms with E-state index in [-0.39, 0.29) is 6.10 Å². The Morgan fingerprint density at radius 1 is 1.18 bits per heavy atom. The SMILES string of the molecule is Cc1c(-c2cnc3ccc(N[C@H]4CC[C@H](O)CC4)nn23)sc2ccc(Cl)cc12. The van der Waals surface area contributed by atoms with Gasteiger partial charge in [0.05, 0.1) is 17.2 Å². The molecule has 0 saturated heterocycles. The summed E-state index contributed by atoms with van der Waals surface area (Å²) in [5, 5.41) is 20.0. The van der Waals surface area contributed by atoms with E-state index < -0.39 is 0 Å². The standard InChI is InChI=1S/C21H21ClN4OS/c1-12-16-10-13(22)2-7-18(16)28-21(12)17-11-23-20-9-8-19(25-26(17)20)24-14-3-5-15(27)6-4-14/h2,7-11,14-15,27H,3-6H2,1H3,(H,24,25)/t14-,15-. The first kappa shape index (κ1) is 17.9. The van der Waals surface area contributed by atoms with Crippen molar-refractivity contribution >= 4 is 44.5 Å². The van der Waals surface area contributed by atoms with Crippen LogP contribution in [0.25, 0.3) is 26.3 Å². The maximum atomic E-state index is 9.71. The van der Waals surface area contributed by atoms with E-state index in [1.165, 1.54) is 15.6 Å². The summed E-state index contributed by atoms with van der Waals surface area (Å²) in [5.41, 5.74) is 3.02. The topological polar surface area (TPSA) is 62.5 Å². The molecular weight excluding hydrogens is 392 g/mol. The van der Waals surface area contributed by atoms with E-state index in [0.717, 1.165) is 52.7 Å². The van der Waals surface area contributed by atoms with Gasteiger partial charge in [-0.3, -0.25) is 0 Å². The second kappa shape index (κ2) is 7.03. The van der Waals surface area contributed by atoms with Gasteiger partial charge < -0.3 is 10.4 Å². The van der Waals surface area contributed by atoms with Gasteiger partial charge in [-0.2, -0.15) is 0 Å². The number of aromatic nitrogens is 3. The van der Waals surface area contributed by atoms with E-state index in [1.807, 2.05) is 35.0 Å². The number of benzene rings is 1. The molecule has 2 N–H and O–H groups in total. The van der Waals surface area contributed by atoms with Gasteiger partial charge >= 0.3 is 0 Å². The third-order valence-corrected chi connectivity index (χ3v) is 7.07. The Balaban J connectivity index is 1.53. The van der Waals surface area contributed by atoms with Gasteiger partial charge in [0.25, 0.3) is 0 Å². The second-order valence-electron chi connectivity index (χ2n) is 7.48. The lowest BCUT2D eigenvalue weighted by Gasteiger charge is -2.26. The Morgan fingerprint density at radius 2 is 2.00 bits per heavy atom. The van der Waals surface area contributed by atoms with Crippen molar-refractivity contribution in [3.63, 3.8) is 0 Å². The monoisotopic (exact) mass is 412 g/mol. The molecular formula is C21H21ClN4OS. The van der Waals surface area contributed by atoms with E-state index >= 15 is 0 Å². The molecule has 1 aromatic carbocycles. The molecule has 0 unspecified atom stereocenters. The Morgan fingerprint density at radius 3 is 2.82 bits per heavy atom. The molecule has 0 bridgehead atoms. The van der Waals surface area contributed by atoms with Crippen molar-refractivity contribution in [1.82, 2.24) is 14.6 Å². The van der Waals surface area contributed by atoms with E-state index in [1.54, 1.807) is 11.3 Å². The Labute approximate surface area is 172 Å². The van der Waals surface area contributed by atoms with Gasteiger partial charge in [0.15, 0.2) is 5.65 Å². The van der Waals surface area contributed by atoms with Gasteiger partial charge in [0, 0.05) is 15.8 Å². The van der Waals surface area contributed by atoms with E-state index in [2.05, 4.69) is 23.3 Å². The highest BCUT2D eigenvalue weighted by molar-refractivity contribution is 7.22. The minimum atomic E-state index is -0.154. The number of halogens is 1. The number of nitrogens with zero attached hydrogens (tertiary/aromatic N) is 3. The lowest BCUT2D eigenvalue weighted by Crippen LogP contribution is -2.28. The second-order valence-corrected chi connectivity index (χ2v) is 8.97. The number of hydrogen-bond donors (Lipinski definition) is 2. The van der Waals surface area contributed by atoms with Crippen molar-refractivity contribution in [3.8, 4) is 10.6 Å². The molecule has 1 aliphatic carbocycles. The van der Waals surface area contributed by atoms with Crippen molar-refractivity contribution in [1.29, 1.82) is 0 Å². The first-order valence-electron chi connectivity index (χ1n) is 9.57. The van der Waals surface area contributed by atoms with Crippen molar-refractivity contribution < 1.29 is 5.11 Å². The predicted molar refractivity (Wildman–Crippen MR) is 115 cm³/mol. The number of nitrogens with one attached hydrogen (secondary N) is 1. The summed E-state index contributed by atoms with van der Waals surface area (Å²) in [7, 11) is 0. The largest absolute Gasteiger partial charge is 0.393 e. The summed E-state index contributed by atoms with van der Waals surface area (Å²) < 4.78 is 3.13.